The van der Waals surface area contributed by atoms with Gasteiger partial charge in [-0.15, -0.1) is 0 Å². The van der Waals surface area contributed by atoms with Crippen molar-refractivity contribution in [2.24, 2.45) is 7.05 Å². The predicted octanol–water partition coefficient (Wildman–Crippen LogP) is 3.44. The van der Waals surface area contributed by atoms with E-state index >= 15 is 0 Å². The standard InChI is InChI=1S/C14H21N3/c1-5-6-7-14(2,3)11-8-12-13(15-9-11)17(4)10-16-12/h8-10H,5-7H2,1-4H3. The molecular formula is C14H21N3. The highest BCUT2D eigenvalue weighted by Gasteiger charge is 2.21. The van der Waals surface area contributed by atoms with Gasteiger partial charge in [-0.1, -0.05) is 33.6 Å². The van der Waals surface area contributed by atoms with Gasteiger partial charge in [0.2, 0.25) is 0 Å². The monoisotopic (exact) mass is 231 g/mol. The first-order valence-corrected chi connectivity index (χ1v) is 6.32. The fourth-order valence-electron chi connectivity index (χ4n) is 2.15. The fourth-order valence-corrected chi connectivity index (χ4v) is 2.15. The Balaban J connectivity index is 2.35. The van der Waals surface area contributed by atoms with Crippen molar-refractivity contribution >= 4 is 11.2 Å². The van der Waals surface area contributed by atoms with Crippen LogP contribution in [0.3, 0.4) is 0 Å². The molecule has 0 saturated carbocycles. The predicted molar refractivity (Wildman–Crippen MR) is 71.1 cm³/mol. The van der Waals surface area contributed by atoms with Gasteiger partial charge in [0, 0.05) is 13.2 Å². The first-order valence-electron chi connectivity index (χ1n) is 6.32. The van der Waals surface area contributed by atoms with Gasteiger partial charge in [0.15, 0.2) is 5.65 Å². The van der Waals surface area contributed by atoms with Crippen LogP contribution in [-0.4, -0.2) is 14.5 Å². The quantitative estimate of drug-likeness (QED) is 0.807. The Labute approximate surface area is 103 Å². The van der Waals surface area contributed by atoms with Crippen molar-refractivity contribution in [3.05, 3.63) is 24.2 Å². The van der Waals surface area contributed by atoms with Crippen LogP contribution in [0, 0.1) is 0 Å². The minimum absolute atomic E-state index is 0.189. The molecule has 0 aliphatic carbocycles. The molecule has 0 amide bonds. The van der Waals surface area contributed by atoms with E-state index in [9.17, 15) is 0 Å². The van der Waals surface area contributed by atoms with E-state index in [0.717, 1.165) is 11.2 Å². The Morgan fingerprint density at radius 1 is 1.29 bits per heavy atom. The van der Waals surface area contributed by atoms with Crippen molar-refractivity contribution in [1.82, 2.24) is 14.5 Å². The summed E-state index contributed by atoms with van der Waals surface area (Å²) in [5.41, 5.74) is 3.43. The number of rotatable bonds is 4. The van der Waals surface area contributed by atoms with Crippen LogP contribution in [0.25, 0.3) is 11.2 Å². The summed E-state index contributed by atoms with van der Waals surface area (Å²) in [5, 5.41) is 0. The SMILES string of the molecule is CCCCC(C)(C)c1cnc2c(c1)ncn2C. The third-order valence-corrected chi connectivity index (χ3v) is 3.49. The zero-order valence-electron chi connectivity index (χ0n) is 11.2. The van der Waals surface area contributed by atoms with Crippen molar-refractivity contribution < 1.29 is 0 Å². The second kappa shape index (κ2) is 4.47. The van der Waals surface area contributed by atoms with E-state index < -0.39 is 0 Å². The lowest BCUT2D eigenvalue weighted by Crippen LogP contribution is -2.17. The first-order chi connectivity index (χ1) is 8.04. The van der Waals surface area contributed by atoms with Crippen LogP contribution in [0.2, 0.25) is 0 Å². The van der Waals surface area contributed by atoms with Gasteiger partial charge in [-0.25, -0.2) is 9.97 Å². The third-order valence-electron chi connectivity index (χ3n) is 3.49. The molecule has 0 spiro atoms. The Bertz CT molecular complexity index is 511. The van der Waals surface area contributed by atoms with Crippen LogP contribution in [0.4, 0.5) is 0 Å². The number of hydrogen-bond donors (Lipinski definition) is 0. The number of pyridine rings is 1. The topological polar surface area (TPSA) is 30.7 Å². The van der Waals surface area contributed by atoms with Crippen molar-refractivity contribution in [1.29, 1.82) is 0 Å². The first kappa shape index (κ1) is 12.1. The van der Waals surface area contributed by atoms with Gasteiger partial charge in [0.25, 0.3) is 0 Å². The number of fused-ring (bicyclic) bond motifs is 1. The summed E-state index contributed by atoms with van der Waals surface area (Å²) in [6.45, 7) is 6.80. The highest BCUT2D eigenvalue weighted by atomic mass is 15.1. The zero-order valence-corrected chi connectivity index (χ0v) is 11.2. The summed E-state index contributed by atoms with van der Waals surface area (Å²) in [4.78, 5) is 8.89. The molecule has 0 saturated heterocycles. The molecule has 0 aliphatic rings. The minimum Gasteiger partial charge on any atom is -0.318 e. The molecule has 0 fully saturated rings. The molecule has 0 aromatic carbocycles. The molecule has 2 aromatic heterocycles. The van der Waals surface area contributed by atoms with Gasteiger partial charge in [-0.3, -0.25) is 0 Å². The molecule has 2 heterocycles. The number of nitrogens with zero attached hydrogens (tertiary/aromatic N) is 3. The molecule has 92 valence electrons. The fraction of sp³-hybridized carbons (Fsp3) is 0.571. The maximum Gasteiger partial charge on any atom is 0.159 e. The van der Waals surface area contributed by atoms with Crippen LogP contribution in [0.5, 0.6) is 0 Å². The van der Waals surface area contributed by atoms with Crippen LogP contribution in [-0.2, 0) is 12.5 Å². The lowest BCUT2D eigenvalue weighted by Gasteiger charge is -2.24. The van der Waals surface area contributed by atoms with E-state index in [1.165, 1.54) is 24.8 Å². The van der Waals surface area contributed by atoms with E-state index in [-0.39, 0.29) is 5.41 Å². The Morgan fingerprint density at radius 3 is 2.76 bits per heavy atom. The van der Waals surface area contributed by atoms with E-state index in [4.69, 9.17) is 0 Å². The average molecular weight is 231 g/mol. The molecule has 0 atom stereocenters. The summed E-state index contributed by atoms with van der Waals surface area (Å²) in [6, 6.07) is 2.18. The van der Waals surface area contributed by atoms with Gasteiger partial charge in [-0.2, -0.15) is 0 Å². The highest BCUT2D eigenvalue weighted by molar-refractivity contribution is 5.71. The molecular weight excluding hydrogens is 210 g/mol. The molecule has 2 rings (SSSR count). The van der Waals surface area contributed by atoms with E-state index in [1.54, 1.807) is 0 Å². The summed E-state index contributed by atoms with van der Waals surface area (Å²) >= 11 is 0. The van der Waals surface area contributed by atoms with Gasteiger partial charge < -0.3 is 4.57 Å². The molecule has 3 nitrogen and oxygen atoms in total. The van der Waals surface area contributed by atoms with E-state index in [1.807, 2.05) is 24.1 Å². The minimum atomic E-state index is 0.189. The third kappa shape index (κ3) is 2.33. The number of imidazole rings is 1. The van der Waals surface area contributed by atoms with Crippen LogP contribution in [0.1, 0.15) is 45.6 Å². The molecule has 17 heavy (non-hydrogen) atoms. The van der Waals surface area contributed by atoms with Gasteiger partial charge >= 0.3 is 0 Å². The molecule has 0 radical (unpaired) electrons. The Kier molecular flexibility index (Phi) is 3.18. The summed E-state index contributed by atoms with van der Waals surface area (Å²) in [7, 11) is 1.98. The average Bonchev–Trinajstić information content (AvgIpc) is 2.68. The zero-order chi connectivity index (χ0) is 12.5. The lowest BCUT2D eigenvalue weighted by molar-refractivity contribution is 0.457. The molecule has 2 aromatic rings. The van der Waals surface area contributed by atoms with Crippen LogP contribution < -0.4 is 0 Å². The Hall–Kier alpha value is -1.38. The Morgan fingerprint density at radius 2 is 2.06 bits per heavy atom. The van der Waals surface area contributed by atoms with Gasteiger partial charge in [0.1, 0.15) is 5.52 Å². The second-order valence-electron chi connectivity index (χ2n) is 5.41. The molecule has 0 N–H and O–H groups in total. The smallest absolute Gasteiger partial charge is 0.159 e. The van der Waals surface area contributed by atoms with Gasteiger partial charge in [0.05, 0.1) is 6.33 Å². The van der Waals surface area contributed by atoms with E-state index in [2.05, 4.69) is 36.8 Å². The second-order valence-corrected chi connectivity index (χ2v) is 5.41. The highest BCUT2D eigenvalue weighted by Crippen LogP contribution is 2.29. The van der Waals surface area contributed by atoms with E-state index in [0.29, 0.717) is 0 Å². The molecule has 0 bridgehead atoms. The van der Waals surface area contributed by atoms with Crippen molar-refractivity contribution in [2.45, 2.75) is 45.4 Å². The van der Waals surface area contributed by atoms with Crippen molar-refractivity contribution in [3.8, 4) is 0 Å². The van der Waals surface area contributed by atoms with Crippen molar-refractivity contribution in [3.63, 3.8) is 0 Å². The molecule has 3 heteroatoms. The lowest BCUT2D eigenvalue weighted by atomic mass is 9.81. The van der Waals surface area contributed by atoms with Crippen LogP contribution >= 0.6 is 0 Å². The maximum absolute atomic E-state index is 4.52. The molecule has 0 unspecified atom stereocenters. The summed E-state index contributed by atoms with van der Waals surface area (Å²) in [5.74, 6) is 0. The molecule has 0 aliphatic heterocycles. The number of hydrogen-bond acceptors (Lipinski definition) is 2. The number of unbranched alkanes of at least 4 members (excludes halogenated alkanes) is 1. The largest absolute Gasteiger partial charge is 0.318 e. The summed E-state index contributed by atoms with van der Waals surface area (Å²) in [6.07, 6.45) is 7.51. The number of aryl methyl sites for hydroxylation is 1. The van der Waals surface area contributed by atoms with Crippen LogP contribution in [0.15, 0.2) is 18.6 Å². The maximum atomic E-state index is 4.52. The summed E-state index contributed by atoms with van der Waals surface area (Å²) < 4.78 is 1.96. The normalized spacial score (nSPS) is 12.2. The van der Waals surface area contributed by atoms with Crippen molar-refractivity contribution in [2.75, 3.05) is 0 Å². The van der Waals surface area contributed by atoms with Gasteiger partial charge in [-0.05, 0) is 23.5 Å². The number of aromatic nitrogens is 3.